The Labute approximate surface area is 87.8 Å². The molecule has 1 aliphatic rings. The summed E-state index contributed by atoms with van der Waals surface area (Å²) in [5.41, 5.74) is 0. The Kier molecular flexibility index (Phi) is 6.15. The number of morpholine rings is 1. The summed E-state index contributed by atoms with van der Waals surface area (Å²) in [7, 11) is 0. The molecule has 0 aromatic rings. The summed E-state index contributed by atoms with van der Waals surface area (Å²) in [6, 6.07) is 0. The van der Waals surface area contributed by atoms with Crippen LogP contribution in [0.15, 0.2) is 0 Å². The van der Waals surface area contributed by atoms with Crippen LogP contribution in [0, 0.1) is 0 Å². The van der Waals surface area contributed by atoms with E-state index in [-0.39, 0.29) is 0 Å². The van der Waals surface area contributed by atoms with Crippen molar-refractivity contribution in [2.24, 2.45) is 0 Å². The van der Waals surface area contributed by atoms with Crippen LogP contribution in [-0.2, 0) is 4.74 Å². The predicted octanol–water partition coefficient (Wildman–Crippen LogP) is 1.10. The van der Waals surface area contributed by atoms with Crippen molar-refractivity contribution in [1.29, 1.82) is 0 Å². The second-order valence-corrected chi connectivity index (χ2v) is 3.94. The smallest absolute Gasteiger partial charge is 0.0826 e. The zero-order valence-corrected chi connectivity index (χ0v) is 9.59. The third-order valence-electron chi connectivity index (χ3n) is 2.74. The van der Waals surface area contributed by atoms with Crippen LogP contribution < -0.4 is 5.32 Å². The van der Waals surface area contributed by atoms with Crippen molar-refractivity contribution >= 4 is 0 Å². The SMILES string of the molecule is CCCCN(CC)CC1CNCCO1. The molecule has 0 radical (unpaired) electrons. The quantitative estimate of drug-likeness (QED) is 0.695. The van der Waals surface area contributed by atoms with Crippen LogP contribution in [0.1, 0.15) is 26.7 Å². The number of unbranched alkanes of at least 4 members (excludes halogenated alkanes) is 1. The highest BCUT2D eigenvalue weighted by Gasteiger charge is 2.15. The first-order chi connectivity index (χ1) is 6.86. The van der Waals surface area contributed by atoms with Gasteiger partial charge in [-0.1, -0.05) is 20.3 Å². The summed E-state index contributed by atoms with van der Waals surface area (Å²) < 4.78 is 5.69. The lowest BCUT2D eigenvalue weighted by atomic mass is 10.2. The normalized spacial score (nSPS) is 22.9. The molecule has 0 aromatic carbocycles. The van der Waals surface area contributed by atoms with Crippen molar-refractivity contribution in [2.45, 2.75) is 32.8 Å². The van der Waals surface area contributed by atoms with E-state index >= 15 is 0 Å². The summed E-state index contributed by atoms with van der Waals surface area (Å²) in [5.74, 6) is 0. The molecule has 0 bridgehead atoms. The van der Waals surface area contributed by atoms with Crippen LogP contribution in [0.4, 0.5) is 0 Å². The van der Waals surface area contributed by atoms with Crippen LogP contribution in [0.3, 0.4) is 0 Å². The molecular weight excluding hydrogens is 176 g/mol. The Balaban J connectivity index is 2.16. The van der Waals surface area contributed by atoms with Crippen LogP contribution in [0.25, 0.3) is 0 Å². The number of hydrogen-bond acceptors (Lipinski definition) is 3. The first-order valence-electron chi connectivity index (χ1n) is 5.91. The molecule has 3 nitrogen and oxygen atoms in total. The average molecular weight is 200 g/mol. The van der Waals surface area contributed by atoms with Gasteiger partial charge in [-0.25, -0.2) is 0 Å². The molecule has 0 aliphatic carbocycles. The number of hydrogen-bond donors (Lipinski definition) is 1. The molecule has 1 saturated heterocycles. The second-order valence-electron chi connectivity index (χ2n) is 3.94. The number of ether oxygens (including phenoxy) is 1. The van der Waals surface area contributed by atoms with Crippen LogP contribution in [0.2, 0.25) is 0 Å². The number of nitrogens with one attached hydrogen (secondary N) is 1. The molecule has 1 atom stereocenters. The summed E-state index contributed by atoms with van der Waals surface area (Å²) in [5, 5.41) is 3.37. The fraction of sp³-hybridized carbons (Fsp3) is 1.00. The molecule has 1 N–H and O–H groups in total. The van der Waals surface area contributed by atoms with E-state index in [1.165, 1.54) is 19.4 Å². The third kappa shape index (κ3) is 4.40. The fourth-order valence-electron chi connectivity index (χ4n) is 1.79. The molecule has 1 rings (SSSR count). The van der Waals surface area contributed by atoms with Crippen molar-refractivity contribution in [3.63, 3.8) is 0 Å². The highest BCUT2D eigenvalue weighted by atomic mass is 16.5. The van der Waals surface area contributed by atoms with Crippen molar-refractivity contribution in [1.82, 2.24) is 10.2 Å². The molecule has 0 aromatic heterocycles. The van der Waals surface area contributed by atoms with Crippen molar-refractivity contribution in [3.05, 3.63) is 0 Å². The van der Waals surface area contributed by atoms with Crippen LogP contribution in [-0.4, -0.2) is 50.3 Å². The van der Waals surface area contributed by atoms with Crippen LogP contribution >= 0.6 is 0 Å². The van der Waals surface area contributed by atoms with E-state index in [0.29, 0.717) is 6.10 Å². The van der Waals surface area contributed by atoms with Gasteiger partial charge in [-0.2, -0.15) is 0 Å². The van der Waals surface area contributed by atoms with E-state index in [2.05, 4.69) is 24.1 Å². The first kappa shape index (κ1) is 12.0. The highest BCUT2D eigenvalue weighted by molar-refractivity contribution is 4.71. The summed E-state index contributed by atoms with van der Waals surface area (Å²) in [6.07, 6.45) is 2.98. The van der Waals surface area contributed by atoms with E-state index in [4.69, 9.17) is 4.74 Å². The van der Waals surface area contributed by atoms with Gasteiger partial charge >= 0.3 is 0 Å². The number of likely N-dealkylation sites (N-methyl/N-ethyl adjacent to an activating group) is 1. The molecule has 14 heavy (non-hydrogen) atoms. The van der Waals surface area contributed by atoms with Gasteiger partial charge < -0.3 is 15.0 Å². The summed E-state index contributed by atoms with van der Waals surface area (Å²) >= 11 is 0. The molecule has 1 unspecified atom stereocenters. The predicted molar refractivity (Wildman–Crippen MR) is 59.6 cm³/mol. The van der Waals surface area contributed by atoms with E-state index in [1.807, 2.05) is 0 Å². The van der Waals surface area contributed by atoms with Crippen molar-refractivity contribution in [3.8, 4) is 0 Å². The minimum absolute atomic E-state index is 0.403. The Hall–Kier alpha value is -0.120. The van der Waals surface area contributed by atoms with Gasteiger partial charge in [0, 0.05) is 19.6 Å². The lowest BCUT2D eigenvalue weighted by Gasteiger charge is -2.29. The fourth-order valence-corrected chi connectivity index (χ4v) is 1.79. The van der Waals surface area contributed by atoms with Gasteiger partial charge in [-0.15, -0.1) is 0 Å². The molecule has 1 heterocycles. The summed E-state index contributed by atoms with van der Waals surface area (Å²) in [4.78, 5) is 2.49. The molecule has 0 spiro atoms. The van der Waals surface area contributed by atoms with E-state index in [1.54, 1.807) is 0 Å². The number of rotatable bonds is 6. The van der Waals surface area contributed by atoms with Gasteiger partial charge in [-0.05, 0) is 19.5 Å². The lowest BCUT2D eigenvalue weighted by molar-refractivity contribution is 0.00623. The first-order valence-corrected chi connectivity index (χ1v) is 5.91. The van der Waals surface area contributed by atoms with Crippen LogP contribution in [0.5, 0.6) is 0 Å². The maximum atomic E-state index is 5.69. The number of nitrogens with zero attached hydrogens (tertiary/aromatic N) is 1. The average Bonchev–Trinajstić information content (AvgIpc) is 2.25. The second kappa shape index (κ2) is 7.21. The zero-order valence-electron chi connectivity index (χ0n) is 9.59. The topological polar surface area (TPSA) is 24.5 Å². The largest absolute Gasteiger partial charge is 0.374 e. The molecule has 1 aliphatic heterocycles. The van der Waals surface area contributed by atoms with Gasteiger partial charge in [0.25, 0.3) is 0 Å². The molecule has 3 heteroatoms. The van der Waals surface area contributed by atoms with Gasteiger partial charge in [0.2, 0.25) is 0 Å². The molecule has 84 valence electrons. The zero-order chi connectivity index (χ0) is 10.2. The van der Waals surface area contributed by atoms with E-state index < -0.39 is 0 Å². The maximum absolute atomic E-state index is 5.69. The van der Waals surface area contributed by atoms with Gasteiger partial charge in [0.15, 0.2) is 0 Å². The van der Waals surface area contributed by atoms with E-state index in [9.17, 15) is 0 Å². The highest BCUT2D eigenvalue weighted by Crippen LogP contribution is 2.01. The monoisotopic (exact) mass is 200 g/mol. The van der Waals surface area contributed by atoms with Crippen molar-refractivity contribution in [2.75, 3.05) is 39.3 Å². The standard InChI is InChI=1S/C11H24N2O/c1-3-5-7-13(4-2)10-11-9-12-6-8-14-11/h11-12H,3-10H2,1-2H3. The minimum Gasteiger partial charge on any atom is -0.374 e. The Morgan fingerprint density at radius 1 is 1.43 bits per heavy atom. The molecule has 0 saturated carbocycles. The summed E-state index contributed by atoms with van der Waals surface area (Å²) in [6.45, 7) is 10.8. The lowest BCUT2D eigenvalue weighted by Crippen LogP contribution is -2.45. The van der Waals surface area contributed by atoms with Gasteiger partial charge in [-0.3, -0.25) is 0 Å². The van der Waals surface area contributed by atoms with E-state index in [0.717, 1.165) is 32.8 Å². The minimum atomic E-state index is 0.403. The Morgan fingerprint density at radius 2 is 2.29 bits per heavy atom. The third-order valence-corrected chi connectivity index (χ3v) is 2.74. The Morgan fingerprint density at radius 3 is 2.86 bits per heavy atom. The molecular formula is C11H24N2O. The maximum Gasteiger partial charge on any atom is 0.0826 e. The van der Waals surface area contributed by atoms with Gasteiger partial charge in [0.1, 0.15) is 0 Å². The van der Waals surface area contributed by atoms with Crippen molar-refractivity contribution < 1.29 is 4.74 Å². The van der Waals surface area contributed by atoms with Gasteiger partial charge in [0.05, 0.1) is 12.7 Å². The molecule has 0 amide bonds. The Bertz CT molecular complexity index is 135. The molecule has 1 fully saturated rings.